The summed E-state index contributed by atoms with van der Waals surface area (Å²) in [6.45, 7) is 11.4. The molecule has 0 radical (unpaired) electrons. The van der Waals surface area contributed by atoms with Gasteiger partial charge in [-0.25, -0.2) is 0 Å². The summed E-state index contributed by atoms with van der Waals surface area (Å²) in [5.41, 5.74) is 2.52. The van der Waals surface area contributed by atoms with E-state index in [2.05, 4.69) is 40.8 Å². The predicted molar refractivity (Wildman–Crippen MR) is 71.0 cm³/mol. The molecule has 0 spiro atoms. The highest BCUT2D eigenvalue weighted by molar-refractivity contribution is 5.14. The molecule has 2 rings (SSSR count). The maximum absolute atomic E-state index is 4.46. The van der Waals surface area contributed by atoms with Gasteiger partial charge in [0.1, 0.15) is 0 Å². The van der Waals surface area contributed by atoms with Gasteiger partial charge in [-0.2, -0.15) is 0 Å². The Bertz CT molecular complexity index is 326. The first-order chi connectivity index (χ1) is 8.31. The Morgan fingerprint density at radius 3 is 2.29 bits per heavy atom. The molecule has 0 N–H and O–H groups in total. The third-order valence-corrected chi connectivity index (χ3v) is 3.57. The Kier molecular flexibility index (Phi) is 4.51. The second kappa shape index (κ2) is 6.12. The number of pyridine rings is 1. The SMILES string of the molecule is CCc1ccc(CN2CCN(CC)CC2)cn1. The first-order valence-corrected chi connectivity index (χ1v) is 6.70. The van der Waals surface area contributed by atoms with Gasteiger partial charge in [-0.05, 0) is 24.6 Å². The fourth-order valence-corrected chi connectivity index (χ4v) is 2.28. The molecule has 3 nitrogen and oxygen atoms in total. The Hall–Kier alpha value is -0.930. The third-order valence-electron chi connectivity index (χ3n) is 3.57. The van der Waals surface area contributed by atoms with Crippen LogP contribution in [0.3, 0.4) is 0 Å². The molecule has 1 saturated heterocycles. The summed E-state index contributed by atoms with van der Waals surface area (Å²) in [5.74, 6) is 0. The molecule has 94 valence electrons. The van der Waals surface area contributed by atoms with E-state index in [0.29, 0.717) is 0 Å². The molecule has 0 unspecified atom stereocenters. The van der Waals surface area contributed by atoms with Crippen molar-refractivity contribution < 1.29 is 0 Å². The van der Waals surface area contributed by atoms with Gasteiger partial charge >= 0.3 is 0 Å². The van der Waals surface area contributed by atoms with Gasteiger partial charge in [-0.3, -0.25) is 9.88 Å². The average Bonchev–Trinajstić information content (AvgIpc) is 2.40. The molecule has 3 heteroatoms. The molecule has 1 aromatic heterocycles. The van der Waals surface area contributed by atoms with Crippen molar-refractivity contribution in [2.45, 2.75) is 26.8 Å². The van der Waals surface area contributed by atoms with Crippen LogP contribution in [0.1, 0.15) is 25.1 Å². The first kappa shape index (κ1) is 12.5. The quantitative estimate of drug-likeness (QED) is 0.790. The molecule has 1 aliphatic heterocycles. The minimum Gasteiger partial charge on any atom is -0.301 e. The second-order valence-electron chi connectivity index (χ2n) is 4.72. The van der Waals surface area contributed by atoms with E-state index in [1.165, 1.54) is 44.0 Å². The van der Waals surface area contributed by atoms with Crippen molar-refractivity contribution in [3.8, 4) is 0 Å². The molecule has 0 atom stereocenters. The largest absolute Gasteiger partial charge is 0.301 e. The van der Waals surface area contributed by atoms with Crippen LogP contribution in [-0.4, -0.2) is 47.5 Å². The van der Waals surface area contributed by atoms with Crippen LogP contribution in [0.4, 0.5) is 0 Å². The van der Waals surface area contributed by atoms with Crippen LogP contribution in [0.25, 0.3) is 0 Å². The number of rotatable bonds is 4. The van der Waals surface area contributed by atoms with Gasteiger partial charge in [-0.15, -0.1) is 0 Å². The number of aryl methyl sites for hydroxylation is 1. The van der Waals surface area contributed by atoms with Crippen LogP contribution in [0.15, 0.2) is 18.3 Å². The minimum absolute atomic E-state index is 1.02. The molecule has 0 aliphatic carbocycles. The van der Waals surface area contributed by atoms with Gasteiger partial charge in [0.15, 0.2) is 0 Å². The summed E-state index contributed by atoms with van der Waals surface area (Å²) in [6.07, 6.45) is 3.06. The number of hydrogen-bond acceptors (Lipinski definition) is 3. The highest BCUT2D eigenvalue weighted by Gasteiger charge is 2.15. The van der Waals surface area contributed by atoms with Crippen LogP contribution in [0, 0.1) is 0 Å². The van der Waals surface area contributed by atoms with E-state index in [-0.39, 0.29) is 0 Å². The van der Waals surface area contributed by atoms with Crippen molar-refractivity contribution in [1.29, 1.82) is 0 Å². The number of hydrogen-bond donors (Lipinski definition) is 0. The molecule has 0 saturated carbocycles. The van der Waals surface area contributed by atoms with E-state index < -0.39 is 0 Å². The number of piperazine rings is 1. The highest BCUT2D eigenvalue weighted by atomic mass is 15.3. The third kappa shape index (κ3) is 3.51. The summed E-state index contributed by atoms with van der Waals surface area (Å²) >= 11 is 0. The zero-order valence-electron chi connectivity index (χ0n) is 11.0. The normalized spacial score (nSPS) is 18.5. The Morgan fingerprint density at radius 2 is 1.76 bits per heavy atom. The highest BCUT2D eigenvalue weighted by Crippen LogP contribution is 2.08. The van der Waals surface area contributed by atoms with Crippen molar-refractivity contribution in [1.82, 2.24) is 14.8 Å². The smallest absolute Gasteiger partial charge is 0.0401 e. The van der Waals surface area contributed by atoms with Crippen molar-refractivity contribution in [2.75, 3.05) is 32.7 Å². The molecular weight excluding hydrogens is 210 g/mol. The van der Waals surface area contributed by atoms with E-state index >= 15 is 0 Å². The van der Waals surface area contributed by atoms with Crippen molar-refractivity contribution >= 4 is 0 Å². The predicted octanol–water partition coefficient (Wildman–Crippen LogP) is 1.78. The molecule has 0 bridgehead atoms. The summed E-state index contributed by atoms with van der Waals surface area (Å²) in [6, 6.07) is 4.37. The topological polar surface area (TPSA) is 19.4 Å². The second-order valence-corrected chi connectivity index (χ2v) is 4.72. The van der Waals surface area contributed by atoms with E-state index in [0.717, 1.165) is 13.0 Å². The molecule has 17 heavy (non-hydrogen) atoms. The molecule has 0 aromatic carbocycles. The summed E-state index contributed by atoms with van der Waals surface area (Å²) < 4.78 is 0. The summed E-state index contributed by atoms with van der Waals surface area (Å²) in [7, 11) is 0. The van der Waals surface area contributed by atoms with Crippen LogP contribution in [0.5, 0.6) is 0 Å². The average molecular weight is 233 g/mol. The molecule has 0 amide bonds. The van der Waals surface area contributed by atoms with Crippen LogP contribution < -0.4 is 0 Å². The molecular formula is C14H23N3. The Morgan fingerprint density at radius 1 is 1.06 bits per heavy atom. The molecule has 2 heterocycles. The summed E-state index contributed by atoms with van der Waals surface area (Å²) in [4.78, 5) is 9.49. The van der Waals surface area contributed by atoms with Crippen LogP contribution in [0.2, 0.25) is 0 Å². The standard InChI is InChI=1S/C14H23N3/c1-3-14-6-5-13(11-15-14)12-17-9-7-16(4-2)8-10-17/h5-6,11H,3-4,7-10,12H2,1-2H3. The number of nitrogens with zero attached hydrogens (tertiary/aromatic N) is 3. The first-order valence-electron chi connectivity index (χ1n) is 6.70. The maximum atomic E-state index is 4.46. The zero-order valence-corrected chi connectivity index (χ0v) is 11.0. The lowest BCUT2D eigenvalue weighted by atomic mass is 10.2. The van der Waals surface area contributed by atoms with Crippen molar-refractivity contribution in [2.24, 2.45) is 0 Å². The van der Waals surface area contributed by atoms with E-state index in [1.807, 2.05) is 6.20 Å². The zero-order chi connectivity index (χ0) is 12.1. The fraction of sp³-hybridized carbons (Fsp3) is 0.643. The van der Waals surface area contributed by atoms with E-state index in [1.54, 1.807) is 0 Å². The molecule has 1 fully saturated rings. The molecule has 1 aromatic rings. The van der Waals surface area contributed by atoms with Gasteiger partial charge in [0.25, 0.3) is 0 Å². The lowest BCUT2D eigenvalue weighted by Gasteiger charge is -2.33. The van der Waals surface area contributed by atoms with Gasteiger partial charge < -0.3 is 4.90 Å². The summed E-state index contributed by atoms with van der Waals surface area (Å²) in [5, 5.41) is 0. The van der Waals surface area contributed by atoms with Gasteiger partial charge in [-0.1, -0.05) is 19.9 Å². The minimum atomic E-state index is 1.02. The maximum Gasteiger partial charge on any atom is 0.0401 e. The Labute approximate surface area is 104 Å². The van der Waals surface area contributed by atoms with Gasteiger partial charge in [0, 0.05) is 44.6 Å². The van der Waals surface area contributed by atoms with Gasteiger partial charge in [0.2, 0.25) is 0 Å². The Balaban J connectivity index is 1.84. The fourth-order valence-electron chi connectivity index (χ4n) is 2.28. The monoisotopic (exact) mass is 233 g/mol. The lowest BCUT2D eigenvalue weighted by molar-refractivity contribution is 0.132. The van der Waals surface area contributed by atoms with Crippen molar-refractivity contribution in [3.63, 3.8) is 0 Å². The van der Waals surface area contributed by atoms with Gasteiger partial charge in [0.05, 0.1) is 0 Å². The van der Waals surface area contributed by atoms with E-state index in [4.69, 9.17) is 0 Å². The lowest BCUT2D eigenvalue weighted by Crippen LogP contribution is -2.45. The van der Waals surface area contributed by atoms with Crippen LogP contribution in [-0.2, 0) is 13.0 Å². The number of likely N-dealkylation sites (N-methyl/N-ethyl adjacent to an activating group) is 1. The van der Waals surface area contributed by atoms with Crippen molar-refractivity contribution in [3.05, 3.63) is 29.6 Å². The van der Waals surface area contributed by atoms with Crippen LogP contribution >= 0.6 is 0 Å². The van der Waals surface area contributed by atoms with E-state index in [9.17, 15) is 0 Å². The number of aromatic nitrogens is 1. The molecule has 1 aliphatic rings.